The van der Waals surface area contributed by atoms with Gasteiger partial charge >= 0.3 is 0 Å². The third-order valence-electron chi connectivity index (χ3n) is 4.56. The molecule has 24 heavy (non-hydrogen) atoms. The minimum absolute atomic E-state index is 0.115. The first-order valence-corrected chi connectivity index (χ1v) is 9.01. The molecule has 1 unspecified atom stereocenters. The van der Waals surface area contributed by atoms with Crippen LogP contribution in [0.2, 0.25) is 0 Å². The lowest BCUT2D eigenvalue weighted by atomic mass is 9.96. The smallest absolute Gasteiger partial charge is 0.121 e. The number of hydrogen-bond acceptors (Lipinski definition) is 3. The zero-order chi connectivity index (χ0) is 16.9. The van der Waals surface area contributed by atoms with Crippen LogP contribution < -0.4 is 15.4 Å². The van der Waals surface area contributed by atoms with E-state index in [1.807, 2.05) is 24.3 Å². The van der Waals surface area contributed by atoms with Gasteiger partial charge in [-0.2, -0.15) is 0 Å². The predicted octanol–water partition coefficient (Wildman–Crippen LogP) is 4.51. The van der Waals surface area contributed by atoms with Gasteiger partial charge in [0.1, 0.15) is 5.75 Å². The predicted molar refractivity (Wildman–Crippen MR) is 101 cm³/mol. The molecular weight excluding hydrogens is 296 g/mol. The Morgan fingerprint density at radius 2 is 1.67 bits per heavy atom. The molecule has 0 spiro atoms. The Hall–Kier alpha value is -2.00. The maximum absolute atomic E-state index is 6.61. The summed E-state index contributed by atoms with van der Waals surface area (Å²) in [4.78, 5) is 2.47. The maximum atomic E-state index is 6.61. The van der Waals surface area contributed by atoms with Crippen molar-refractivity contribution in [3.63, 3.8) is 0 Å². The van der Waals surface area contributed by atoms with Crippen molar-refractivity contribution in [2.45, 2.75) is 45.3 Å². The number of nitrogens with two attached hydrogens (primary N) is 1. The van der Waals surface area contributed by atoms with Gasteiger partial charge in [-0.3, -0.25) is 0 Å². The molecule has 1 saturated heterocycles. The SMILES string of the molecule is CC(C)Oc1ccc(C(N)c2ccccc2)c(N2CCCCC2)c1. The fraction of sp³-hybridized carbons (Fsp3) is 0.429. The molecule has 2 N–H and O–H groups in total. The molecule has 0 amide bonds. The highest BCUT2D eigenvalue weighted by atomic mass is 16.5. The number of ether oxygens (including phenoxy) is 1. The van der Waals surface area contributed by atoms with Gasteiger partial charge in [0.2, 0.25) is 0 Å². The molecule has 3 rings (SSSR count). The van der Waals surface area contributed by atoms with Crippen molar-refractivity contribution in [3.8, 4) is 5.75 Å². The number of benzene rings is 2. The molecule has 1 atom stereocenters. The molecule has 2 aromatic carbocycles. The molecule has 0 aromatic heterocycles. The van der Waals surface area contributed by atoms with Crippen LogP contribution >= 0.6 is 0 Å². The Labute approximate surface area is 145 Å². The van der Waals surface area contributed by atoms with Crippen molar-refractivity contribution in [1.29, 1.82) is 0 Å². The lowest BCUT2D eigenvalue weighted by Gasteiger charge is -2.32. The van der Waals surface area contributed by atoms with Crippen LogP contribution in [0.3, 0.4) is 0 Å². The van der Waals surface area contributed by atoms with E-state index in [-0.39, 0.29) is 12.1 Å². The number of nitrogens with zero attached hydrogens (tertiary/aromatic N) is 1. The monoisotopic (exact) mass is 324 g/mol. The standard InChI is InChI=1S/C21H28N2O/c1-16(2)24-18-11-12-19(21(22)17-9-5-3-6-10-17)20(15-18)23-13-7-4-8-14-23/h3,5-6,9-12,15-16,21H,4,7-8,13-14,22H2,1-2H3. The number of rotatable bonds is 5. The van der Waals surface area contributed by atoms with E-state index in [1.54, 1.807) is 0 Å². The lowest BCUT2D eigenvalue weighted by Crippen LogP contribution is -2.31. The number of piperidine rings is 1. The van der Waals surface area contributed by atoms with Gasteiger partial charge in [-0.05, 0) is 50.3 Å². The highest BCUT2D eigenvalue weighted by Crippen LogP contribution is 2.34. The van der Waals surface area contributed by atoms with Gasteiger partial charge in [-0.15, -0.1) is 0 Å². The molecule has 1 aliphatic rings. The Balaban J connectivity index is 1.97. The summed E-state index contributed by atoms with van der Waals surface area (Å²) in [5, 5.41) is 0. The van der Waals surface area contributed by atoms with Gasteiger partial charge in [-0.25, -0.2) is 0 Å². The van der Waals surface area contributed by atoms with Crippen LogP contribution in [0, 0.1) is 0 Å². The average Bonchev–Trinajstić information content (AvgIpc) is 2.62. The molecule has 0 saturated carbocycles. The first kappa shape index (κ1) is 16.8. The molecule has 3 nitrogen and oxygen atoms in total. The summed E-state index contributed by atoms with van der Waals surface area (Å²) in [6.45, 7) is 6.31. The maximum Gasteiger partial charge on any atom is 0.121 e. The van der Waals surface area contributed by atoms with Gasteiger partial charge < -0.3 is 15.4 Å². The van der Waals surface area contributed by atoms with Gasteiger partial charge in [-0.1, -0.05) is 36.4 Å². The van der Waals surface area contributed by atoms with Crippen molar-refractivity contribution in [2.75, 3.05) is 18.0 Å². The quantitative estimate of drug-likeness (QED) is 0.879. The molecule has 128 valence electrons. The van der Waals surface area contributed by atoms with E-state index in [0.717, 1.165) is 24.4 Å². The van der Waals surface area contributed by atoms with Gasteiger partial charge in [0.15, 0.2) is 0 Å². The molecule has 0 radical (unpaired) electrons. The molecular formula is C21H28N2O. The van der Waals surface area contributed by atoms with Crippen molar-refractivity contribution in [1.82, 2.24) is 0 Å². The average molecular weight is 324 g/mol. The normalized spacial score (nSPS) is 16.2. The first-order chi connectivity index (χ1) is 11.6. The van der Waals surface area contributed by atoms with Crippen molar-refractivity contribution in [2.24, 2.45) is 5.73 Å². The molecule has 1 heterocycles. The van der Waals surface area contributed by atoms with E-state index in [0.29, 0.717) is 0 Å². The van der Waals surface area contributed by atoms with Gasteiger partial charge in [0.25, 0.3) is 0 Å². The Morgan fingerprint density at radius 1 is 0.958 bits per heavy atom. The van der Waals surface area contributed by atoms with E-state index < -0.39 is 0 Å². The topological polar surface area (TPSA) is 38.5 Å². The third kappa shape index (κ3) is 3.90. The van der Waals surface area contributed by atoms with Gasteiger partial charge in [0.05, 0.1) is 12.1 Å². The molecule has 2 aromatic rings. The summed E-state index contributed by atoms with van der Waals surface area (Å²) in [6.07, 6.45) is 3.98. The molecule has 1 aliphatic heterocycles. The van der Waals surface area contributed by atoms with Crippen LogP contribution in [-0.4, -0.2) is 19.2 Å². The van der Waals surface area contributed by atoms with E-state index in [4.69, 9.17) is 10.5 Å². The Morgan fingerprint density at radius 3 is 2.33 bits per heavy atom. The zero-order valence-corrected chi connectivity index (χ0v) is 14.7. The second-order valence-corrected chi connectivity index (χ2v) is 6.82. The van der Waals surface area contributed by atoms with Crippen LogP contribution in [0.15, 0.2) is 48.5 Å². The van der Waals surface area contributed by atoms with Crippen LogP contribution in [-0.2, 0) is 0 Å². The summed E-state index contributed by atoms with van der Waals surface area (Å²) in [5.74, 6) is 0.926. The highest BCUT2D eigenvalue weighted by Gasteiger charge is 2.20. The summed E-state index contributed by atoms with van der Waals surface area (Å²) in [5.41, 5.74) is 10.2. The third-order valence-corrected chi connectivity index (χ3v) is 4.56. The van der Waals surface area contributed by atoms with E-state index in [2.05, 4.69) is 43.0 Å². The van der Waals surface area contributed by atoms with Gasteiger partial charge in [0, 0.05) is 24.8 Å². The van der Waals surface area contributed by atoms with Crippen LogP contribution in [0.5, 0.6) is 5.75 Å². The van der Waals surface area contributed by atoms with Crippen molar-refractivity contribution < 1.29 is 4.74 Å². The Bertz CT molecular complexity index is 648. The van der Waals surface area contributed by atoms with Crippen LogP contribution in [0.4, 0.5) is 5.69 Å². The number of anilines is 1. The fourth-order valence-corrected chi connectivity index (χ4v) is 3.38. The molecule has 0 aliphatic carbocycles. The highest BCUT2D eigenvalue weighted by molar-refractivity contribution is 5.60. The van der Waals surface area contributed by atoms with Crippen LogP contribution in [0.25, 0.3) is 0 Å². The second kappa shape index (κ2) is 7.71. The van der Waals surface area contributed by atoms with Crippen LogP contribution in [0.1, 0.15) is 50.3 Å². The summed E-state index contributed by atoms with van der Waals surface area (Å²) >= 11 is 0. The second-order valence-electron chi connectivity index (χ2n) is 6.82. The largest absolute Gasteiger partial charge is 0.491 e. The number of hydrogen-bond donors (Lipinski definition) is 1. The minimum Gasteiger partial charge on any atom is -0.491 e. The molecule has 1 fully saturated rings. The molecule has 0 bridgehead atoms. The zero-order valence-electron chi connectivity index (χ0n) is 14.7. The fourth-order valence-electron chi connectivity index (χ4n) is 3.38. The van der Waals surface area contributed by atoms with Crippen molar-refractivity contribution in [3.05, 3.63) is 59.7 Å². The summed E-state index contributed by atoms with van der Waals surface area (Å²) in [6, 6.07) is 16.6. The lowest BCUT2D eigenvalue weighted by molar-refractivity contribution is 0.242. The Kier molecular flexibility index (Phi) is 5.41. The van der Waals surface area contributed by atoms with E-state index in [9.17, 15) is 0 Å². The molecule has 3 heteroatoms. The first-order valence-electron chi connectivity index (χ1n) is 9.01. The van der Waals surface area contributed by atoms with E-state index >= 15 is 0 Å². The summed E-state index contributed by atoms with van der Waals surface area (Å²) < 4.78 is 5.92. The summed E-state index contributed by atoms with van der Waals surface area (Å²) in [7, 11) is 0. The van der Waals surface area contributed by atoms with E-state index in [1.165, 1.54) is 30.5 Å². The minimum atomic E-state index is -0.115. The van der Waals surface area contributed by atoms with Crippen molar-refractivity contribution >= 4 is 5.69 Å².